The first-order valence-electron chi connectivity index (χ1n) is 4.82. The van der Waals surface area contributed by atoms with Crippen LogP contribution in [-0.2, 0) is 0 Å². The van der Waals surface area contributed by atoms with Crippen LogP contribution in [0.3, 0.4) is 0 Å². The third-order valence-electron chi connectivity index (χ3n) is 2.65. The van der Waals surface area contributed by atoms with E-state index in [1.54, 1.807) is 6.07 Å². The predicted molar refractivity (Wildman–Crippen MR) is 54.3 cm³/mol. The summed E-state index contributed by atoms with van der Waals surface area (Å²) >= 11 is 0. The molecule has 0 radical (unpaired) electrons. The number of phenolic OH excluding ortho intramolecular Hbond substituents is 1. The lowest BCUT2D eigenvalue weighted by Crippen LogP contribution is -2.17. The average Bonchev–Trinajstić information content (AvgIpc) is 2.62. The van der Waals surface area contributed by atoms with Crippen LogP contribution >= 0.6 is 0 Å². The van der Waals surface area contributed by atoms with Gasteiger partial charge in [-0.2, -0.15) is 0 Å². The molecule has 0 aliphatic carbocycles. The van der Waals surface area contributed by atoms with Crippen LogP contribution in [0.1, 0.15) is 18.4 Å². The molecular formula is C11H15NO. The van der Waals surface area contributed by atoms with Crippen molar-refractivity contribution in [1.29, 1.82) is 0 Å². The maximum Gasteiger partial charge on any atom is 0.118 e. The Morgan fingerprint density at radius 3 is 2.54 bits per heavy atom. The fourth-order valence-electron chi connectivity index (χ4n) is 1.81. The van der Waals surface area contributed by atoms with Crippen molar-refractivity contribution < 1.29 is 5.11 Å². The van der Waals surface area contributed by atoms with Crippen molar-refractivity contribution in [3.8, 4) is 5.75 Å². The highest BCUT2D eigenvalue weighted by Gasteiger charge is 2.12. The van der Waals surface area contributed by atoms with Crippen molar-refractivity contribution in [2.75, 3.05) is 18.0 Å². The molecule has 1 saturated heterocycles. The molecule has 0 bridgehead atoms. The molecule has 0 aromatic heterocycles. The molecule has 0 amide bonds. The van der Waals surface area contributed by atoms with Crippen LogP contribution in [0, 0.1) is 6.92 Å². The van der Waals surface area contributed by atoms with Gasteiger partial charge in [-0.05, 0) is 43.5 Å². The van der Waals surface area contributed by atoms with Gasteiger partial charge < -0.3 is 10.0 Å². The molecule has 1 aromatic rings. The van der Waals surface area contributed by atoms with E-state index in [1.165, 1.54) is 18.5 Å². The smallest absolute Gasteiger partial charge is 0.118 e. The second-order valence-corrected chi connectivity index (χ2v) is 3.66. The minimum atomic E-state index is 0.392. The number of hydrogen-bond acceptors (Lipinski definition) is 2. The van der Waals surface area contributed by atoms with Gasteiger partial charge >= 0.3 is 0 Å². The van der Waals surface area contributed by atoms with Gasteiger partial charge in [0, 0.05) is 18.8 Å². The molecule has 0 atom stereocenters. The Balaban J connectivity index is 2.25. The Bertz CT molecular complexity index is 303. The molecule has 0 spiro atoms. The normalized spacial score (nSPS) is 16.5. The Kier molecular flexibility index (Phi) is 2.13. The highest BCUT2D eigenvalue weighted by Crippen LogP contribution is 2.25. The Morgan fingerprint density at radius 1 is 1.23 bits per heavy atom. The summed E-state index contributed by atoms with van der Waals surface area (Å²) in [6.07, 6.45) is 2.58. The summed E-state index contributed by atoms with van der Waals surface area (Å²) in [5.41, 5.74) is 2.21. The summed E-state index contributed by atoms with van der Waals surface area (Å²) in [5, 5.41) is 9.37. The summed E-state index contributed by atoms with van der Waals surface area (Å²) in [6.45, 7) is 4.25. The molecule has 1 heterocycles. The lowest BCUT2D eigenvalue weighted by Gasteiger charge is -2.18. The summed E-state index contributed by atoms with van der Waals surface area (Å²) in [5.74, 6) is 0.392. The molecule has 0 unspecified atom stereocenters. The van der Waals surface area contributed by atoms with E-state index in [4.69, 9.17) is 0 Å². The molecule has 0 saturated carbocycles. The van der Waals surface area contributed by atoms with Crippen molar-refractivity contribution in [3.05, 3.63) is 23.8 Å². The largest absolute Gasteiger partial charge is 0.508 e. The van der Waals surface area contributed by atoms with Crippen molar-refractivity contribution in [1.82, 2.24) is 0 Å². The third kappa shape index (κ3) is 1.62. The topological polar surface area (TPSA) is 23.5 Å². The van der Waals surface area contributed by atoms with Crippen molar-refractivity contribution in [3.63, 3.8) is 0 Å². The molecular weight excluding hydrogens is 162 g/mol. The fraction of sp³-hybridized carbons (Fsp3) is 0.455. The molecule has 1 N–H and O–H groups in total. The first-order chi connectivity index (χ1) is 6.27. The zero-order valence-corrected chi connectivity index (χ0v) is 7.95. The van der Waals surface area contributed by atoms with E-state index in [2.05, 4.69) is 11.0 Å². The number of phenols is 1. The van der Waals surface area contributed by atoms with E-state index in [9.17, 15) is 5.11 Å². The quantitative estimate of drug-likeness (QED) is 0.711. The van der Waals surface area contributed by atoms with Crippen molar-refractivity contribution in [2.24, 2.45) is 0 Å². The zero-order chi connectivity index (χ0) is 9.26. The highest BCUT2D eigenvalue weighted by molar-refractivity contribution is 5.52. The minimum Gasteiger partial charge on any atom is -0.508 e. The summed E-state index contributed by atoms with van der Waals surface area (Å²) in [6, 6.07) is 5.83. The Labute approximate surface area is 78.8 Å². The van der Waals surface area contributed by atoms with Gasteiger partial charge in [-0.25, -0.2) is 0 Å². The number of rotatable bonds is 1. The van der Waals surface area contributed by atoms with E-state index >= 15 is 0 Å². The van der Waals surface area contributed by atoms with Gasteiger partial charge in [-0.1, -0.05) is 0 Å². The Morgan fingerprint density at radius 2 is 1.92 bits per heavy atom. The maximum absolute atomic E-state index is 9.37. The standard InChI is InChI=1S/C11H15NO/c1-9-8-10(4-5-11(9)13)12-6-2-3-7-12/h4-5,8,13H,2-3,6-7H2,1H3. The van der Waals surface area contributed by atoms with Crippen LogP contribution < -0.4 is 4.90 Å². The number of benzene rings is 1. The molecule has 2 heteroatoms. The summed E-state index contributed by atoms with van der Waals surface area (Å²) in [4.78, 5) is 2.37. The summed E-state index contributed by atoms with van der Waals surface area (Å²) < 4.78 is 0. The third-order valence-corrected chi connectivity index (χ3v) is 2.65. The van der Waals surface area contributed by atoms with Crippen LogP contribution in [0.4, 0.5) is 5.69 Å². The van der Waals surface area contributed by atoms with Crippen molar-refractivity contribution >= 4 is 5.69 Å². The predicted octanol–water partition coefficient (Wildman–Crippen LogP) is 2.30. The molecule has 70 valence electrons. The zero-order valence-electron chi connectivity index (χ0n) is 7.95. The molecule has 2 rings (SSSR count). The maximum atomic E-state index is 9.37. The van der Waals surface area contributed by atoms with E-state index < -0.39 is 0 Å². The van der Waals surface area contributed by atoms with Crippen LogP contribution in [0.15, 0.2) is 18.2 Å². The molecule has 1 aliphatic heterocycles. The van der Waals surface area contributed by atoms with Gasteiger partial charge in [0.15, 0.2) is 0 Å². The van der Waals surface area contributed by atoms with E-state index in [-0.39, 0.29) is 0 Å². The van der Waals surface area contributed by atoms with Crippen LogP contribution in [0.2, 0.25) is 0 Å². The first-order valence-corrected chi connectivity index (χ1v) is 4.82. The summed E-state index contributed by atoms with van der Waals surface area (Å²) in [7, 11) is 0. The first kappa shape index (κ1) is 8.42. The molecule has 1 fully saturated rings. The second kappa shape index (κ2) is 3.29. The molecule has 1 aromatic carbocycles. The van der Waals surface area contributed by atoms with Gasteiger partial charge in [-0.3, -0.25) is 0 Å². The highest BCUT2D eigenvalue weighted by atomic mass is 16.3. The number of hydrogen-bond donors (Lipinski definition) is 1. The van der Waals surface area contributed by atoms with Crippen LogP contribution in [0.25, 0.3) is 0 Å². The van der Waals surface area contributed by atoms with Gasteiger partial charge in [0.05, 0.1) is 0 Å². The fourth-order valence-corrected chi connectivity index (χ4v) is 1.81. The van der Waals surface area contributed by atoms with Gasteiger partial charge in [0.25, 0.3) is 0 Å². The molecule has 13 heavy (non-hydrogen) atoms. The SMILES string of the molecule is Cc1cc(N2CCCC2)ccc1O. The number of aryl methyl sites for hydroxylation is 1. The van der Waals surface area contributed by atoms with Crippen LogP contribution in [-0.4, -0.2) is 18.2 Å². The average molecular weight is 177 g/mol. The van der Waals surface area contributed by atoms with E-state index in [0.29, 0.717) is 5.75 Å². The molecule has 1 aliphatic rings. The van der Waals surface area contributed by atoms with Crippen LogP contribution in [0.5, 0.6) is 5.75 Å². The Hall–Kier alpha value is -1.18. The molecule has 2 nitrogen and oxygen atoms in total. The van der Waals surface area contributed by atoms with Gasteiger partial charge in [0.1, 0.15) is 5.75 Å². The lowest BCUT2D eigenvalue weighted by atomic mass is 10.2. The monoisotopic (exact) mass is 177 g/mol. The second-order valence-electron chi connectivity index (χ2n) is 3.66. The number of aromatic hydroxyl groups is 1. The minimum absolute atomic E-state index is 0.392. The van der Waals surface area contributed by atoms with E-state index in [1.807, 2.05) is 13.0 Å². The van der Waals surface area contributed by atoms with Gasteiger partial charge in [-0.15, -0.1) is 0 Å². The lowest BCUT2D eigenvalue weighted by molar-refractivity contribution is 0.471. The number of nitrogens with zero attached hydrogens (tertiary/aromatic N) is 1. The van der Waals surface area contributed by atoms with Gasteiger partial charge in [0.2, 0.25) is 0 Å². The number of anilines is 1. The van der Waals surface area contributed by atoms with Crippen molar-refractivity contribution in [2.45, 2.75) is 19.8 Å². The van der Waals surface area contributed by atoms with E-state index in [0.717, 1.165) is 18.7 Å².